The maximum Gasteiger partial charge on any atom is 0.137 e. The highest BCUT2D eigenvalue weighted by Gasteiger charge is 2.33. The third-order valence-corrected chi connectivity index (χ3v) is 2.84. The van der Waals surface area contributed by atoms with E-state index < -0.39 is 11.1 Å². The predicted octanol–water partition coefficient (Wildman–Crippen LogP) is 2.35. The van der Waals surface area contributed by atoms with E-state index in [4.69, 9.17) is 22.3 Å². The highest BCUT2D eigenvalue weighted by Crippen LogP contribution is 2.23. The van der Waals surface area contributed by atoms with Crippen molar-refractivity contribution in [2.24, 2.45) is 27.6 Å². The van der Waals surface area contributed by atoms with Gasteiger partial charge in [0.25, 0.3) is 0 Å². The molecule has 1 atom stereocenters. The molecule has 0 radical (unpaired) electrons. The lowest BCUT2D eigenvalue weighted by atomic mass is 9.88. The van der Waals surface area contributed by atoms with Crippen molar-refractivity contribution in [1.82, 2.24) is 0 Å². The lowest BCUT2D eigenvalue weighted by Gasteiger charge is -2.28. The Morgan fingerprint density at radius 3 is 1.56 bits per heavy atom. The zero-order chi connectivity index (χ0) is 13.1. The Morgan fingerprint density at radius 2 is 1.33 bits per heavy atom. The first kappa shape index (κ1) is 22.3. The van der Waals surface area contributed by atoms with Gasteiger partial charge < -0.3 is 11.5 Å². The SMILES string of the molecule is CC(C)C(C)(N=NC(C)(C)C(=N)N)C(=N)N.Cl.Cl. The van der Waals surface area contributed by atoms with Crippen LogP contribution >= 0.6 is 24.8 Å². The van der Waals surface area contributed by atoms with E-state index >= 15 is 0 Å². The summed E-state index contributed by atoms with van der Waals surface area (Å²) >= 11 is 0. The Bertz CT molecular complexity index is 326. The van der Waals surface area contributed by atoms with Crippen LogP contribution in [0.1, 0.15) is 34.6 Å². The second-order valence-electron chi connectivity index (χ2n) is 4.89. The Labute approximate surface area is 121 Å². The number of nitrogens with zero attached hydrogens (tertiary/aromatic N) is 2. The molecule has 0 saturated carbocycles. The molecular formula is C10H24Cl2N6. The van der Waals surface area contributed by atoms with E-state index in [1.54, 1.807) is 20.8 Å². The molecule has 6 nitrogen and oxygen atoms in total. The number of hydrogen-bond acceptors (Lipinski definition) is 4. The maximum absolute atomic E-state index is 7.53. The molecule has 108 valence electrons. The molecule has 0 aliphatic carbocycles. The van der Waals surface area contributed by atoms with Crippen LogP contribution in [0.4, 0.5) is 0 Å². The molecule has 0 heterocycles. The van der Waals surface area contributed by atoms with Crippen LogP contribution in [0.15, 0.2) is 10.2 Å². The van der Waals surface area contributed by atoms with Crippen LogP contribution in [0.2, 0.25) is 0 Å². The Kier molecular flexibility index (Phi) is 9.34. The van der Waals surface area contributed by atoms with Crippen molar-refractivity contribution in [3.8, 4) is 0 Å². The van der Waals surface area contributed by atoms with Gasteiger partial charge in [0.15, 0.2) is 0 Å². The van der Waals surface area contributed by atoms with Crippen LogP contribution < -0.4 is 11.5 Å². The molecule has 0 amide bonds. The summed E-state index contributed by atoms with van der Waals surface area (Å²) in [6.07, 6.45) is 0. The Morgan fingerprint density at radius 1 is 0.944 bits per heavy atom. The van der Waals surface area contributed by atoms with E-state index in [1.165, 1.54) is 0 Å². The number of amidine groups is 2. The first-order valence-electron chi connectivity index (χ1n) is 5.17. The lowest BCUT2D eigenvalue weighted by Crippen LogP contribution is -2.44. The average Bonchev–Trinajstić information content (AvgIpc) is 2.13. The van der Waals surface area contributed by atoms with Crippen molar-refractivity contribution >= 4 is 36.5 Å². The topological polar surface area (TPSA) is 124 Å². The van der Waals surface area contributed by atoms with Crippen molar-refractivity contribution in [2.45, 2.75) is 45.7 Å². The van der Waals surface area contributed by atoms with Gasteiger partial charge in [0.1, 0.15) is 22.7 Å². The van der Waals surface area contributed by atoms with Gasteiger partial charge in [0.05, 0.1) is 0 Å². The van der Waals surface area contributed by atoms with Crippen molar-refractivity contribution in [2.75, 3.05) is 0 Å². The fourth-order valence-electron chi connectivity index (χ4n) is 0.763. The quantitative estimate of drug-likeness (QED) is 0.353. The number of azo groups is 1. The number of nitrogens with two attached hydrogens (primary N) is 2. The zero-order valence-electron chi connectivity index (χ0n) is 11.4. The van der Waals surface area contributed by atoms with Crippen molar-refractivity contribution in [1.29, 1.82) is 10.8 Å². The number of halogens is 2. The monoisotopic (exact) mass is 298 g/mol. The van der Waals surface area contributed by atoms with E-state index in [1.807, 2.05) is 13.8 Å². The first-order valence-corrected chi connectivity index (χ1v) is 5.17. The first-order chi connectivity index (χ1) is 7.04. The Hall–Kier alpha value is -0.880. The van der Waals surface area contributed by atoms with Crippen molar-refractivity contribution in [3.63, 3.8) is 0 Å². The molecule has 18 heavy (non-hydrogen) atoms. The molecule has 0 aromatic heterocycles. The molecule has 0 fully saturated rings. The summed E-state index contributed by atoms with van der Waals surface area (Å²) < 4.78 is 0. The van der Waals surface area contributed by atoms with Gasteiger partial charge in [-0.25, -0.2) is 0 Å². The van der Waals surface area contributed by atoms with E-state index in [9.17, 15) is 0 Å². The highest BCUT2D eigenvalue weighted by atomic mass is 35.5. The van der Waals surface area contributed by atoms with E-state index in [0.29, 0.717) is 0 Å². The molecule has 0 saturated heterocycles. The molecule has 1 unspecified atom stereocenters. The van der Waals surface area contributed by atoms with Gasteiger partial charge in [-0.1, -0.05) is 13.8 Å². The molecular weight excluding hydrogens is 275 g/mol. The fourth-order valence-corrected chi connectivity index (χ4v) is 0.763. The summed E-state index contributed by atoms with van der Waals surface area (Å²) in [5.41, 5.74) is 9.22. The molecule has 0 aliphatic heterocycles. The van der Waals surface area contributed by atoms with Gasteiger partial charge in [-0.05, 0) is 26.7 Å². The number of rotatable bonds is 5. The third kappa shape index (κ3) is 5.18. The fraction of sp³-hybridized carbons (Fsp3) is 0.800. The summed E-state index contributed by atoms with van der Waals surface area (Å²) in [5, 5.41) is 23.0. The minimum Gasteiger partial charge on any atom is -0.386 e. The molecule has 8 heteroatoms. The molecule has 0 rings (SSSR count). The lowest BCUT2D eigenvalue weighted by molar-refractivity contribution is 0.410. The number of nitrogens with one attached hydrogen (secondary N) is 2. The van der Waals surface area contributed by atoms with Gasteiger partial charge in [-0.2, -0.15) is 10.2 Å². The molecule has 0 aromatic rings. The maximum atomic E-state index is 7.53. The smallest absolute Gasteiger partial charge is 0.137 e. The van der Waals surface area contributed by atoms with Crippen molar-refractivity contribution in [3.05, 3.63) is 0 Å². The van der Waals surface area contributed by atoms with Crippen molar-refractivity contribution < 1.29 is 0 Å². The van der Waals surface area contributed by atoms with E-state index in [2.05, 4.69) is 10.2 Å². The molecule has 0 bridgehead atoms. The van der Waals surface area contributed by atoms with Crippen LogP contribution in [-0.4, -0.2) is 22.7 Å². The summed E-state index contributed by atoms with van der Waals surface area (Å²) in [7, 11) is 0. The van der Waals surface area contributed by atoms with Gasteiger partial charge in [0.2, 0.25) is 0 Å². The predicted molar refractivity (Wildman–Crippen MR) is 80.5 cm³/mol. The highest BCUT2D eigenvalue weighted by molar-refractivity contribution is 5.88. The zero-order valence-corrected chi connectivity index (χ0v) is 13.1. The summed E-state index contributed by atoms with van der Waals surface area (Å²) in [6, 6.07) is 0. The molecule has 0 aliphatic rings. The second-order valence-corrected chi connectivity index (χ2v) is 4.89. The Balaban J connectivity index is -0.00000112. The van der Waals surface area contributed by atoms with Gasteiger partial charge in [-0.3, -0.25) is 10.8 Å². The van der Waals surface area contributed by atoms with Gasteiger partial charge in [0, 0.05) is 0 Å². The van der Waals surface area contributed by atoms with Crippen LogP contribution in [0, 0.1) is 16.7 Å². The molecule has 0 aromatic carbocycles. The summed E-state index contributed by atoms with van der Waals surface area (Å²) in [5.74, 6) is -0.0481. The minimum absolute atomic E-state index is 0. The standard InChI is InChI=1S/C10H22N6.2ClH/c1-6(2)10(5,8(13)14)16-15-9(3,4)7(11)12;;/h6H,1-5H3,(H3,11,12)(H3,13,14);2*1H. The van der Waals surface area contributed by atoms with Gasteiger partial charge >= 0.3 is 0 Å². The van der Waals surface area contributed by atoms with Crippen LogP contribution in [0.5, 0.6) is 0 Å². The molecule has 0 spiro atoms. The van der Waals surface area contributed by atoms with Crippen LogP contribution in [0.3, 0.4) is 0 Å². The average molecular weight is 299 g/mol. The summed E-state index contributed by atoms with van der Waals surface area (Å²) in [4.78, 5) is 0. The van der Waals surface area contributed by atoms with Gasteiger partial charge in [-0.15, -0.1) is 24.8 Å². The van der Waals surface area contributed by atoms with E-state index in [0.717, 1.165) is 0 Å². The van der Waals surface area contributed by atoms with E-state index in [-0.39, 0.29) is 42.4 Å². The minimum atomic E-state index is -0.856. The van der Waals surface area contributed by atoms with Crippen LogP contribution in [-0.2, 0) is 0 Å². The normalized spacial score (nSPS) is 14.6. The molecule has 6 N–H and O–H groups in total. The number of hydrogen-bond donors (Lipinski definition) is 4. The second kappa shape index (κ2) is 7.53. The van der Waals surface area contributed by atoms with Crippen LogP contribution in [0.25, 0.3) is 0 Å². The third-order valence-electron chi connectivity index (χ3n) is 2.84. The summed E-state index contributed by atoms with van der Waals surface area (Å²) in [6.45, 7) is 8.97. The largest absolute Gasteiger partial charge is 0.386 e.